The van der Waals surface area contributed by atoms with Crippen LogP contribution in [0.25, 0.3) is 11.1 Å². The second-order valence-electron chi connectivity index (χ2n) is 9.49. The Labute approximate surface area is 231 Å². The maximum atomic E-state index is 13.4. The Bertz CT molecular complexity index is 1630. The number of anilines is 1. The number of carbonyl (C=O) groups excluding carboxylic acids is 1. The number of nitrogens with zero attached hydrogens (tertiary/aromatic N) is 1. The highest BCUT2D eigenvalue weighted by molar-refractivity contribution is 7.86. The van der Waals surface area contributed by atoms with Crippen molar-refractivity contribution >= 4 is 33.3 Å². The molecule has 1 amide bonds. The molecule has 200 valence electrons. The summed E-state index contributed by atoms with van der Waals surface area (Å²) in [6.45, 7) is 0. The molecule has 0 aromatic heterocycles. The molecule has 4 aromatic carbocycles. The van der Waals surface area contributed by atoms with Crippen LogP contribution in [0.3, 0.4) is 0 Å². The molecule has 7 nitrogen and oxygen atoms in total. The van der Waals surface area contributed by atoms with Crippen molar-refractivity contribution in [2.75, 3.05) is 4.90 Å². The first-order chi connectivity index (χ1) is 18.6. The normalized spacial score (nSPS) is 18.0. The molecule has 0 bridgehead atoms. The second kappa shape index (κ2) is 10.8. The number of amides is 1. The van der Waals surface area contributed by atoms with Crippen LogP contribution < -0.4 is 4.90 Å². The minimum atomic E-state index is -4.48. The van der Waals surface area contributed by atoms with Gasteiger partial charge in [0.25, 0.3) is 10.1 Å². The number of para-hydroxylation sites is 1. The summed E-state index contributed by atoms with van der Waals surface area (Å²) in [5.74, 6) is -0.734. The topological polar surface area (TPSA) is 115 Å². The average Bonchev–Trinajstić information content (AvgIpc) is 2.92. The number of rotatable bonds is 8. The SMILES string of the molecule is O=C1C(CCC(O)c2cccc(Cl)c2)C(c2ccc(-c3ccccc3S(=O)(=O)O)cc2O)N1c1ccccc1. The maximum absolute atomic E-state index is 13.4. The van der Waals surface area contributed by atoms with Crippen LogP contribution in [0.15, 0.2) is 102 Å². The summed E-state index contributed by atoms with van der Waals surface area (Å²) >= 11 is 6.07. The van der Waals surface area contributed by atoms with Crippen molar-refractivity contribution in [3.8, 4) is 16.9 Å². The van der Waals surface area contributed by atoms with Gasteiger partial charge in [0, 0.05) is 21.8 Å². The molecule has 1 aliphatic heterocycles. The Hall–Kier alpha value is -3.69. The van der Waals surface area contributed by atoms with E-state index in [4.69, 9.17) is 11.6 Å². The zero-order chi connectivity index (χ0) is 27.7. The molecular weight excluding hydrogens is 538 g/mol. The molecule has 1 aliphatic rings. The zero-order valence-electron chi connectivity index (χ0n) is 20.7. The molecular formula is C30H26ClNO6S. The van der Waals surface area contributed by atoms with E-state index >= 15 is 0 Å². The number of aromatic hydroxyl groups is 1. The first-order valence-corrected chi connectivity index (χ1v) is 14.2. The fourth-order valence-corrected chi connectivity index (χ4v) is 6.08. The minimum Gasteiger partial charge on any atom is -0.508 e. The van der Waals surface area contributed by atoms with E-state index < -0.39 is 28.2 Å². The van der Waals surface area contributed by atoms with Crippen molar-refractivity contribution in [2.45, 2.75) is 29.9 Å². The van der Waals surface area contributed by atoms with Crippen LogP contribution in [0.2, 0.25) is 5.02 Å². The number of β-lactam (4-membered cyclic amide) rings is 1. The quantitative estimate of drug-likeness (QED) is 0.174. The third kappa shape index (κ3) is 5.42. The van der Waals surface area contributed by atoms with E-state index in [0.29, 0.717) is 40.2 Å². The van der Waals surface area contributed by atoms with Crippen molar-refractivity contribution in [3.05, 3.63) is 113 Å². The lowest BCUT2D eigenvalue weighted by Gasteiger charge is -2.48. The largest absolute Gasteiger partial charge is 0.508 e. The number of hydrogen-bond acceptors (Lipinski definition) is 5. The summed E-state index contributed by atoms with van der Waals surface area (Å²) in [6.07, 6.45) is -0.125. The van der Waals surface area contributed by atoms with E-state index in [0.717, 1.165) is 0 Å². The van der Waals surface area contributed by atoms with Crippen LogP contribution in [-0.4, -0.2) is 29.1 Å². The number of benzene rings is 4. The Kier molecular flexibility index (Phi) is 7.46. The van der Waals surface area contributed by atoms with Gasteiger partial charge in [0.15, 0.2) is 0 Å². The van der Waals surface area contributed by atoms with Gasteiger partial charge in [-0.05, 0) is 60.4 Å². The second-order valence-corrected chi connectivity index (χ2v) is 11.3. The third-order valence-electron chi connectivity index (χ3n) is 7.06. The van der Waals surface area contributed by atoms with Gasteiger partial charge in [-0.15, -0.1) is 0 Å². The van der Waals surface area contributed by atoms with Crippen molar-refractivity contribution in [2.24, 2.45) is 5.92 Å². The number of aliphatic hydroxyl groups is 1. The lowest BCUT2D eigenvalue weighted by Crippen LogP contribution is -2.55. The molecule has 0 saturated carbocycles. The summed E-state index contributed by atoms with van der Waals surface area (Å²) in [5.41, 5.74) is 2.48. The van der Waals surface area contributed by atoms with Gasteiger partial charge in [-0.1, -0.05) is 72.3 Å². The predicted octanol–water partition coefficient (Wildman–Crippen LogP) is 6.18. The van der Waals surface area contributed by atoms with Crippen LogP contribution in [-0.2, 0) is 14.9 Å². The molecule has 0 radical (unpaired) electrons. The van der Waals surface area contributed by atoms with Crippen LogP contribution in [0, 0.1) is 5.92 Å². The van der Waals surface area contributed by atoms with Crippen LogP contribution >= 0.6 is 11.6 Å². The molecule has 3 unspecified atom stereocenters. The molecule has 4 aromatic rings. The molecule has 1 fully saturated rings. The Balaban J connectivity index is 1.47. The molecule has 1 saturated heterocycles. The average molecular weight is 564 g/mol. The van der Waals surface area contributed by atoms with Gasteiger partial charge in [0.2, 0.25) is 5.91 Å². The van der Waals surface area contributed by atoms with Crippen LogP contribution in [0.4, 0.5) is 5.69 Å². The van der Waals surface area contributed by atoms with Gasteiger partial charge in [0.1, 0.15) is 10.6 Å². The lowest BCUT2D eigenvalue weighted by molar-refractivity contribution is -0.131. The van der Waals surface area contributed by atoms with Crippen molar-refractivity contribution in [1.82, 2.24) is 0 Å². The fourth-order valence-electron chi connectivity index (χ4n) is 5.17. The molecule has 5 rings (SSSR count). The maximum Gasteiger partial charge on any atom is 0.295 e. The number of hydrogen-bond donors (Lipinski definition) is 3. The molecule has 0 aliphatic carbocycles. The Morgan fingerprint density at radius 1 is 0.897 bits per heavy atom. The lowest BCUT2D eigenvalue weighted by atomic mass is 9.77. The molecule has 1 heterocycles. The molecule has 3 atom stereocenters. The summed E-state index contributed by atoms with van der Waals surface area (Å²) in [5, 5.41) is 22.4. The van der Waals surface area contributed by atoms with Gasteiger partial charge < -0.3 is 15.1 Å². The zero-order valence-corrected chi connectivity index (χ0v) is 22.3. The Morgan fingerprint density at radius 3 is 2.31 bits per heavy atom. The standard InChI is InChI=1S/C30H26ClNO6S/c31-21-8-6-7-20(17-21)26(33)16-15-25-29(32(30(25)35)22-9-2-1-3-10-22)24-14-13-19(18-27(24)34)23-11-4-5-12-28(23)39(36,37)38/h1-14,17-18,25-26,29,33-34H,15-16H2,(H,36,37,38). The summed E-state index contributed by atoms with van der Waals surface area (Å²) in [7, 11) is -4.48. The molecule has 0 spiro atoms. The third-order valence-corrected chi connectivity index (χ3v) is 8.20. The van der Waals surface area contributed by atoms with E-state index in [1.54, 1.807) is 53.4 Å². The Morgan fingerprint density at radius 2 is 1.62 bits per heavy atom. The van der Waals surface area contributed by atoms with Gasteiger partial charge in [0.05, 0.1) is 18.1 Å². The van der Waals surface area contributed by atoms with Crippen molar-refractivity contribution in [3.63, 3.8) is 0 Å². The number of aliphatic hydroxyl groups excluding tert-OH is 1. The molecule has 39 heavy (non-hydrogen) atoms. The van der Waals surface area contributed by atoms with E-state index in [2.05, 4.69) is 0 Å². The van der Waals surface area contributed by atoms with E-state index in [9.17, 15) is 28.0 Å². The number of phenols is 1. The first kappa shape index (κ1) is 26.9. The number of phenolic OH excluding ortho intramolecular Hbond substituents is 1. The highest BCUT2D eigenvalue weighted by atomic mass is 35.5. The molecule has 3 N–H and O–H groups in total. The van der Waals surface area contributed by atoms with Gasteiger partial charge in [-0.2, -0.15) is 8.42 Å². The summed E-state index contributed by atoms with van der Waals surface area (Å²) in [4.78, 5) is 14.7. The van der Waals surface area contributed by atoms with Crippen molar-refractivity contribution in [1.29, 1.82) is 0 Å². The minimum absolute atomic E-state index is 0.114. The highest BCUT2D eigenvalue weighted by Gasteiger charge is 2.49. The van der Waals surface area contributed by atoms with E-state index in [-0.39, 0.29) is 22.1 Å². The monoisotopic (exact) mass is 563 g/mol. The summed E-state index contributed by atoms with van der Waals surface area (Å²) < 4.78 is 33.4. The summed E-state index contributed by atoms with van der Waals surface area (Å²) in [6, 6.07) is 26.3. The smallest absolute Gasteiger partial charge is 0.295 e. The van der Waals surface area contributed by atoms with Gasteiger partial charge >= 0.3 is 0 Å². The van der Waals surface area contributed by atoms with Crippen LogP contribution in [0.5, 0.6) is 5.75 Å². The number of carbonyl (C=O) groups is 1. The van der Waals surface area contributed by atoms with Crippen molar-refractivity contribution < 1.29 is 28.0 Å². The fraction of sp³-hybridized carbons (Fsp3) is 0.167. The molecule has 9 heteroatoms. The van der Waals surface area contributed by atoms with Crippen LogP contribution in [0.1, 0.15) is 36.1 Å². The van der Waals surface area contributed by atoms with Gasteiger partial charge in [-0.3, -0.25) is 9.35 Å². The van der Waals surface area contributed by atoms with Gasteiger partial charge in [-0.25, -0.2) is 0 Å². The van der Waals surface area contributed by atoms with E-state index in [1.165, 1.54) is 18.2 Å². The predicted molar refractivity (Wildman–Crippen MR) is 149 cm³/mol. The highest BCUT2D eigenvalue weighted by Crippen LogP contribution is 2.49. The first-order valence-electron chi connectivity index (χ1n) is 12.4. The van der Waals surface area contributed by atoms with E-state index in [1.807, 2.05) is 30.3 Å². The number of halogens is 1.